The molecule has 3 aromatic rings. The number of nitrogens with one attached hydrogen (secondary N) is 1. The number of hydrogen-bond acceptors (Lipinski definition) is 7. The number of amides is 1. The van der Waals surface area contributed by atoms with Crippen LogP contribution in [-0.4, -0.2) is 21.6 Å². The number of nitriles is 2. The van der Waals surface area contributed by atoms with Crippen LogP contribution in [0.3, 0.4) is 0 Å². The average Bonchev–Trinajstić information content (AvgIpc) is 2.80. The molecule has 3 rings (SSSR count). The molecule has 160 valence electrons. The Kier molecular flexibility index (Phi) is 7.43. The molecular weight excluding hydrogens is 420 g/mol. The van der Waals surface area contributed by atoms with Crippen molar-refractivity contribution >= 4 is 29.3 Å². The lowest BCUT2D eigenvalue weighted by Crippen LogP contribution is -2.14. The van der Waals surface area contributed by atoms with Crippen molar-refractivity contribution in [1.29, 1.82) is 10.5 Å². The van der Waals surface area contributed by atoms with E-state index in [2.05, 4.69) is 34.3 Å². The van der Waals surface area contributed by atoms with Gasteiger partial charge < -0.3 is 11.1 Å². The maximum atomic E-state index is 12.3. The van der Waals surface area contributed by atoms with Gasteiger partial charge in [-0.2, -0.15) is 10.5 Å². The SMILES string of the molecule is CCc1ccc(-c2c(C#N)c(N)nc(SCCC(=O)Nc3ncccc3C)c2C#N)cc1. The molecule has 3 N–H and O–H groups in total. The van der Waals surface area contributed by atoms with Crippen LogP contribution in [0.4, 0.5) is 11.6 Å². The summed E-state index contributed by atoms with van der Waals surface area (Å²) in [5.41, 5.74) is 9.75. The Labute approximate surface area is 191 Å². The largest absolute Gasteiger partial charge is 0.383 e. The normalized spacial score (nSPS) is 10.2. The maximum Gasteiger partial charge on any atom is 0.226 e. The number of rotatable bonds is 7. The van der Waals surface area contributed by atoms with Gasteiger partial charge in [-0.1, -0.05) is 37.3 Å². The Balaban J connectivity index is 1.83. The second kappa shape index (κ2) is 10.4. The van der Waals surface area contributed by atoms with E-state index in [4.69, 9.17) is 5.73 Å². The first-order chi connectivity index (χ1) is 15.5. The molecule has 0 saturated carbocycles. The molecule has 1 amide bonds. The number of aryl methyl sites for hydroxylation is 2. The number of nitrogens with two attached hydrogens (primary N) is 1. The molecule has 0 aliphatic carbocycles. The molecular formula is C24H22N6OS. The minimum absolute atomic E-state index is 0.0668. The number of thioether (sulfide) groups is 1. The van der Waals surface area contributed by atoms with Crippen LogP contribution in [-0.2, 0) is 11.2 Å². The van der Waals surface area contributed by atoms with Crippen LogP contribution in [0.1, 0.15) is 35.6 Å². The lowest BCUT2D eigenvalue weighted by Gasteiger charge is -2.13. The van der Waals surface area contributed by atoms with Crippen LogP contribution in [0.15, 0.2) is 47.6 Å². The summed E-state index contributed by atoms with van der Waals surface area (Å²) in [4.78, 5) is 20.7. The van der Waals surface area contributed by atoms with Crippen molar-refractivity contribution in [3.8, 4) is 23.3 Å². The predicted octanol–water partition coefficient (Wildman–Crippen LogP) is 4.46. The first-order valence-electron chi connectivity index (χ1n) is 10.1. The molecule has 0 atom stereocenters. The van der Waals surface area contributed by atoms with E-state index in [0.717, 1.165) is 23.1 Å². The fourth-order valence-corrected chi connectivity index (χ4v) is 4.09. The third-order valence-corrected chi connectivity index (χ3v) is 5.88. The lowest BCUT2D eigenvalue weighted by atomic mass is 9.96. The van der Waals surface area contributed by atoms with Crippen molar-refractivity contribution in [2.75, 3.05) is 16.8 Å². The molecule has 1 aromatic carbocycles. The van der Waals surface area contributed by atoms with Crippen molar-refractivity contribution in [2.45, 2.75) is 31.7 Å². The van der Waals surface area contributed by atoms with E-state index in [-0.39, 0.29) is 29.3 Å². The number of aromatic nitrogens is 2. The zero-order valence-electron chi connectivity index (χ0n) is 17.8. The molecule has 0 unspecified atom stereocenters. The number of carbonyl (C=O) groups is 1. The van der Waals surface area contributed by atoms with Crippen molar-refractivity contribution in [1.82, 2.24) is 9.97 Å². The monoisotopic (exact) mass is 442 g/mol. The molecule has 8 heteroatoms. The van der Waals surface area contributed by atoms with Crippen LogP contribution in [0.5, 0.6) is 0 Å². The van der Waals surface area contributed by atoms with Crippen LogP contribution < -0.4 is 11.1 Å². The third kappa shape index (κ3) is 5.05. The van der Waals surface area contributed by atoms with Crippen molar-refractivity contribution in [3.05, 3.63) is 64.8 Å². The van der Waals surface area contributed by atoms with Crippen molar-refractivity contribution < 1.29 is 4.79 Å². The van der Waals surface area contributed by atoms with Gasteiger partial charge in [0.05, 0.1) is 5.56 Å². The fraction of sp³-hybridized carbons (Fsp3) is 0.208. The second-order valence-electron chi connectivity index (χ2n) is 7.02. The molecule has 2 aromatic heterocycles. The van der Waals surface area contributed by atoms with E-state index in [0.29, 0.717) is 22.2 Å². The number of hydrogen-bond donors (Lipinski definition) is 2. The first kappa shape index (κ1) is 22.8. The van der Waals surface area contributed by atoms with E-state index < -0.39 is 0 Å². The predicted molar refractivity (Wildman–Crippen MR) is 126 cm³/mol. The number of nitrogens with zero attached hydrogens (tertiary/aromatic N) is 4. The molecule has 0 saturated heterocycles. The average molecular weight is 443 g/mol. The molecule has 0 bridgehead atoms. The molecule has 7 nitrogen and oxygen atoms in total. The molecule has 2 heterocycles. The van der Waals surface area contributed by atoms with Gasteiger partial charge in [0, 0.05) is 23.9 Å². The van der Waals surface area contributed by atoms with Gasteiger partial charge in [0.25, 0.3) is 0 Å². The Morgan fingerprint density at radius 2 is 1.88 bits per heavy atom. The Morgan fingerprint density at radius 1 is 1.16 bits per heavy atom. The van der Waals surface area contributed by atoms with Crippen LogP contribution in [0.25, 0.3) is 11.1 Å². The van der Waals surface area contributed by atoms with Crippen LogP contribution in [0.2, 0.25) is 0 Å². The highest BCUT2D eigenvalue weighted by Crippen LogP contribution is 2.36. The fourth-order valence-electron chi connectivity index (χ4n) is 3.15. The lowest BCUT2D eigenvalue weighted by molar-refractivity contribution is -0.115. The Hall–Kier alpha value is -3.88. The van der Waals surface area contributed by atoms with Gasteiger partial charge in [0.2, 0.25) is 5.91 Å². The Morgan fingerprint density at radius 3 is 2.50 bits per heavy atom. The van der Waals surface area contributed by atoms with Crippen LogP contribution in [0, 0.1) is 29.6 Å². The minimum atomic E-state index is -0.185. The molecule has 0 aliphatic rings. The summed E-state index contributed by atoms with van der Waals surface area (Å²) < 4.78 is 0. The summed E-state index contributed by atoms with van der Waals surface area (Å²) in [6.07, 6.45) is 2.71. The number of benzene rings is 1. The van der Waals surface area contributed by atoms with E-state index in [9.17, 15) is 15.3 Å². The summed E-state index contributed by atoms with van der Waals surface area (Å²) in [6, 6.07) is 15.6. The number of pyridine rings is 2. The summed E-state index contributed by atoms with van der Waals surface area (Å²) >= 11 is 1.26. The maximum absolute atomic E-state index is 12.3. The number of nitrogen functional groups attached to an aromatic ring is 1. The highest BCUT2D eigenvalue weighted by molar-refractivity contribution is 7.99. The minimum Gasteiger partial charge on any atom is -0.383 e. The van der Waals surface area contributed by atoms with Gasteiger partial charge in [-0.3, -0.25) is 4.79 Å². The van der Waals surface area contributed by atoms with Crippen molar-refractivity contribution in [3.63, 3.8) is 0 Å². The molecule has 0 fully saturated rings. The molecule has 0 aliphatic heterocycles. The van der Waals surface area contributed by atoms with E-state index in [1.54, 1.807) is 12.3 Å². The van der Waals surface area contributed by atoms with Gasteiger partial charge in [-0.15, -0.1) is 11.8 Å². The quantitative estimate of drug-likeness (QED) is 0.517. The van der Waals surface area contributed by atoms with Gasteiger partial charge in [0.15, 0.2) is 0 Å². The topological polar surface area (TPSA) is 128 Å². The summed E-state index contributed by atoms with van der Waals surface area (Å²) in [6.45, 7) is 3.93. The number of anilines is 2. The zero-order chi connectivity index (χ0) is 23.1. The van der Waals surface area contributed by atoms with Gasteiger partial charge in [-0.05, 0) is 36.1 Å². The van der Waals surface area contributed by atoms with E-state index in [1.165, 1.54) is 11.8 Å². The summed E-state index contributed by atoms with van der Waals surface area (Å²) in [5.74, 6) is 0.796. The third-order valence-electron chi connectivity index (χ3n) is 4.90. The zero-order valence-corrected chi connectivity index (χ0v) is 18.7. The van der Waals surface area contributed by atoms with Gasteiger partial charge in [-0.25, -0.2) is 9.97 Å². The van der Waals surface area contributed by atoms with E-state index >= 15 is 0 Å². The van der Waals surface area contributed by atoms with Crippen molar-refractivity contribution in [2.24, 2.45) is 0 Å². The molecule has 0 spiro atoms. The summed E-state index contributed by atoms with van der Waals surface area (Å²) in [7, 11) is 0. The molecule has 32 heavy (non-hydrogen) atoms. The van der Waals surface area contributed by atoms with Gasteiger partial charge >= 0.3 is 0 Å². The summed E-state index contributed by atoms with van der Waals surface area (Å²) in [5, 5.41) is 22.7. The molecule has 0 radical (unpaired) electrons. The first-order valence-corrected chi connectivity index (χ1v) is 11.0. The highest BCUT2D eigenvalue weighted by Gasteiger charge is 2.20. The van der Waals surface area contributed by atoms with Gasteiger partial charge in [0.1, 0.15) is 34.4 Å². The smallest absolute Gasteiger partial charge is 0.226 e. The standard InChI is InChI=1S/C24H22N6OS/c1-3-16-6-8-17(9-7-16)21-18(13-25)22(27)30-24(19(21)14-26)32-12-10-20(31)29-23-15(2)5-4-11-28-23/h4-9,11H,3,10,12H2,1-2H3,(H2,27,30)(H,28,29,31). The number of carbonyl (C=O) groups excluding carboxylic acids is 1. The van der Waals surface area contributed by atoms with Crippen LogP contribution >= 0.6 is 11.8 Å². The highest BCUT2D eigenvalue weighted by atomic mass is 32.2. The second-order valence-corrected chi connectivity index (χ2v) is 8.10. The van der Waals surface area contributed by atoms with E-state index in [1.807, 2.05) is 37.3 Å². The Bertz CT molecular complexity index is 1220.